The maximum atomic E-state index is 4.58. The SMILES string of the molecule is c1ccncc1.c1ccoc1.c1ccsc1. The van der Waals surface area contributed by atoms with Crippen molar-refractivity contribution in [1.82, 2.24) is 4.98 Å². The molecule has 0 bridgehead atoms. The van der Waals surface area contributed by atoms with E-state index in [9.17, 15) is 0 Å². The van der Waals surface area contributed by atoms with Crippen molar-refractivity contribution in [3.63, 3.8) is 0 Å². The summed E-state index contributed by atoms with van der Waals surface area (Å²) in [4.78, 5) is 3.78. The first-order valence-electron chi connectivity index (χ1n) is 4.79. The quantitative estimate of drug-likeness (QED) is 0.582. The number of pyridine rings is 1. The van der Waals surface area contributed by atoms with Crippen molar-refractivity contribution < 1.29 is 4.42 Å². The van der Waals surface area contributed by atoms with Crippen molar-refractivity contribution in [2.75, 3.05) is 0 Å². The Bertz CT molecular complexity index is 307. The summed E-state index contributed by atoms with van der Waals surface area (Å²) in [5, 5.41) is 4.08. The number of hydrogen-bond donors (Lipinski definition) is 0. The van der Waals surface area contributed by atoms with Gasteiger partial charge in [0.05, 0.1) is 12.5 Å². The average Bonchev–Trinajstić information content (AvgIpc) is 3.10. The Labute approximate surface area is 99.2 Å². The standard InChI is InChI=1S/C5H5N.C4H4O.C4H4S/c1-2-4-6-5-3-1;2*1-2-4-5-3-1/h1-5H;2*1-4H. The zero-order valence-corrected chi connectivity index (χ0v) is 9.59. The number of nitrogens with zero attached hydrogens (tertiary/aromatic N) is 1. The molecule has 0 N–H and O–H groups in total. The molecule has 3 aromatic heterocycles. The Morgan fingerprint density at radius 3 is 1.50 bits per heavy atom. The molecule has 0 saturated heterocycles. The van der Waals surface area contributed by atoms with Crippen LogP contribution in [0, 0.1) is 0 Å². The fourth-order valence-corrected chi connectivity index (χ4v) is 1.22. The maximum Gasteiger partial charge on any atom is 0.0902 e. The molecule has 3 aromatic rings. The summed E-state index contributed by atoms with van der Waals surface area (Å²) in [7, 11) is 0. The third-order valence-electron chi connectivity index (χ3n) is 1.42. The van der Waals surface area contributed by atoms with Gasteiger partial charge in [0.15, 0.2) is 0 Å². The van der Waals surface area contributed by atoms with Gasteiger partial charge < -0.3 is 4.42 Å². The molecular formula is C13H13NOS. The van der Waals surface area contributed by atoms with Crippen molar-refractivity contribution in [3.05, 3.63) is 78.1 Å². The normalized spacial score (nSPS) is 8.00. The van der Waals surface area contributed by atoms with Crippen LogP contribution in [0.1, 0.15) is 0 Å². The minimum Gasteiger partial charge on any atom is -0.473 e. The summed E-state index contributed by atoms with van der Waals surface area (Å²) in [6.45, 7) is 0. The Hall–Kier alpha value is -1.87. The molecule has 82 valence electrons. The summed E-state index contributed by atoms with van der Waals surface area (Å²) in [5.74, 6) is 0. The summed E-state index contributed by atoms with van der Waals surface area (Å²) in [5.41, 5.74) is 0. The first kappa shape index (κ1) is 12.2. The van der Waals surface area contributed by atoms with E-state index in [0.29, 0.717) is 0 Å². The van der Waals surface area contributed by atoms with Gasteiger partial charge >= 0.3 is 0 Å². The van der Waals surface area contributed by atoms with E-state index in [1.165, 1.54) is 0 Å². The van der Waals surface area contributed by atoms with Crippen LogP contribution in [0.5, 0.6) is 0 Å². The molecule has 0 saturated carbocycles. The van der Waals surface area contributed by atoms with Gasteiger partial charge in [-0.15, -0.1) is 0 Å². The largest absolute Gasteiger partial charge is 0.473 e. The van der Waals surface area contributed by atoms with Crippen LogP contribution in [0.4, 0.5) is 0 Å². The molecule has 0 aliphatic heterocycles. The van der Waals surface area contributed by atoms with E-state index in [1.54, 1.807) is 36.3 Å². The predicted octanol–water partition coefficient (Wildman–Crippen LogP) is 4.11. The highest BCUT2D eigenvalue weighted by molar-refractivity contribution is 7.07. The number of hydrogen-bond acceptors (Lipinski definition) is 3. The first-order valence-corrected chi connectivity index (χ1v) is 5.74. The molecule has 0 unspecified atom stereocenters. The molecule has 0 amide bonds. The van der Waals surface area contributed by atoms with Crippen LogP contribution in [0.2, 0.25) is 0 Å². The number of thiophene rings is 1. The van der Waals surface area contributed by atoms with Gasteiger partial charge in [0.25, 0.3) is 0 Å². The van der Waals surface area contributed by atoms with E-state index in [4.69, 9.17) is 0 Å². The molecule has 0 fully saturated rings. The van der Waals surface area contributed by atoms with Crippen LogP contribution < -0.4 is 0 Å². The molecule has 3 heterocycles. The Kier molecular flexibility index (Phi) is 7.38. The molecule has 0 radical (unpaired) electrons. The fourth-order valence-electron chi connectivity index (χ4n) is 0.766. The molecular weight excluding hydrogens is 218 g/mol. The van der Waals surface area contributed by atoms with Crippen molar-refractivity contribution in [2.24, 2.45) is 0 Å². The van der Waals surface area contributed by atoms with Crippen molar-refractivity contribution in [2.45, 2.75) is 0 Å². The zero-order chi connectivity index (χ0) is 11.3. The zero-order valence-electron chi connectivity index (χ0n) is 8.77. The van der Waals surface area contributed by atoms with Crippen molar-refractivity contribution in [3.8, 4) is 0 Å². The number of rotatable bonds is 0. The second-order valence-electron chi connectivity index (χ2n) is 2.61. The maximum absolute atomic E-state index is 4.58. The predicted molar refractivity (Wildman–Crippen MR) is 67.3 cm³/mol. The third-order valence-corrected chi connectivity index (χ3v) is 2.05. The van der Waals surface area contributed by atoms with Crippen LogP contribution in [0.15, 0.2) is 82.6 Å². The summed E-state index contributed by atoms with van der Waals surface area (Å²) in [6, 6.07) is 13.4. The van der Waals surface area contributed by atoms with Gasteiger partial charge in [-0.25, -0.2) is 0 Å². The lowest BCUT2D eigenvalue weighted by molar-refractivity contribution is 0.567. The summed E-state index contributed by atoms with van der Waals surface area (Å²) < 4.78 is 4.58. The molecule has 3 rings (SSSR count). The van der Waals surface area contributed by atoms with Gasteiger partial charge in [-0.3, -0.25) is 4.98 Å². The monoisotopic (exact) mass is 231 g/mol. The molecule has 3 heteroatoms. The molecule has 16 heavy (non-hydrogen) atoms. The van der Waals surface area contributed by atoms with Crippen LogP contribution in [-0.2, 0) is 0 Å². The van der Waals surface area contributed by atoms with Crippen LogP contribution in [-0.4, -0.2) is 4.98 Å². The highest BCUT2D eigenvalue weighted by atomic mass is 32.1. The van der Waals surface area contributed by atoms with Gasteiger partial charge in [0.1, 0.15) is 0 Å². The van der Waals surface area contributed by atoms with Crippen LogP contribution in [0.25, 0.3) is 0 Å². The fraction of sp³-hybridized carbons (Fsp3) is 0. The average molecular weight is 231 g/mol. The topological polar surface area (TPSA) is 26.0 Å². The van der Waals surface area contributed by atoms with E-state index in [-0.39, 0.29) is 0 Å². The van der Waals surface area contributed by atoms with Crippen LogP contribution in [0.3, 0.4) is 0 Å². The smallest absolute Gasteiger partial charge is 0.0902 e. The minimum absolute atomic E-state index is 1.62. The Morgan fingerprint density at radius 2 is 1.31 bits per heavy atom. The number of furan rings is 1. The molecule has 0 spiro atoms. The summed E-state index contributed by atoms with van der Waals surface area (Å²) in [6.07, 6.45) is 6.75. The Morgan fingerprint density at radius 1 is 0.688 bits per heavy atom. The van der Waals surface area contributed by atoms with Crippen LogP contribution >= 0.6 is 11.3 Å². The molecule has 0 atom stereocenters. The van der Waals surface area contributed by atoms with Gasteiger partial charge in [-0.2, -0.15) is 11.3 Å². The van der Waals surface area contributed by atoms with E-state index < -0.39 is 0 Å². The van der Waals surface area contributed by atoms with Gasteiger partial charge in [-0.1, -0.05) is 18.2 Å². The van der Waals surface area contributed by atoms with Gasteiger partial charge in [0.2, 0.25) is 0 Å². The highest BCUT2D eigenvalue weighted by Gasteiger charge is 1.59. The van der Waals surface area contributed by atoms with E-state index in [2.05, 4.69) is 9.40 Å². The number of aromatic nitrogens is 1. The van der Waals surface area contributed by atoms with E-state index in [0.717, 1.165) is 0 Å². The van der Waals surface area contributed by atoms with Gasteiger partial charge in [-0.05, 0) is 35.0 Å². The lowest BCUT2D eigenvalue weighted by Crippen LogP contribution is -1.58. The first-order chi connectivity index (χ1) is 8.00. The van der Waals surface area contributed by atoms with Crippen molar-refractivity contribution >= 4 is 11.3 Å². The van der Waals surface area contributed by atoms with E-state index >= 15 is 0 Å². The lowest BCUT2D eigenvalue weighted by Gasteiger charge is -1.70. The second-order valence-corrected chi connectivity index (χ2v) is 3.43. The van der Waals surface area contributed by atoms with Crippen molar-refractivity contribution in [1.29, 1.82) is 0 Å². The Balaban J connectivity index is 0.000000121. The molecule has 0 aliphatic rings. The highest BCUT2D eigenvalue weighted by Crippen LogP contribution is 1.91. The second kappa shape index (κ2) is 9.68. The molecule has 0 aromatic carbocycles. The third kappa shape index (κ3) is 7.53. The minimum atomic E-state index is 1.62. The van der Waals surface area contributed by atoms with E-state index in [1.807, 2.05) is 53.2 Å². The lowest BCUT2D eigenvalue weighted by atomic mass is 10.5. The van der Waals surface area contributed by atoms with Gasteiger partial charge in [0, 0.05) is 12.4 Å². The summed E-state index contributed by atoms with van der Waals surface area (Å²) >= 11 is 1.71. The molecule has 2 nitrogen and oxygen atoms in total. The molecule has 0 aliphatic carbocycles.